The van der Waals surface area contributed by atoms with Crippen LogP contribution in [0.5, 0.6) is 11.5 Å². The Labute approximate surface area is 174 Å². The zero-order valence-electron chi connectivity index (χ0n) is 15.7. The van der Waals surface area contributed by atoms with Crippen LogP contribution in [0.2, 0.25) is 0 Å². The van der Waals surface area contributed by atoms with Gasteiger partial charge in [0.25, 0.3) is 5.91 Å². The molecule has 2 aromatic carbocycles. The van der Waals surface area contributed by atoms with Crippen LogP contribution in [0.4, 0.5) is 8.78 Å². The first-order chi connectivity index (χ1) is 13.9. The zero-order chi connectivity index (χ0) is 21.0. The van der Waals surface area contributed by atoms with Crippen molar-refractivity contribution in [3.8, 4) is 17.2 Å². The molecular weight excluding hydrogens is 448 g/mol. The van der Waals surface area contributed by atoms with Gasteiger partial charge in [0.05, 0.1) is 23.5 Å². The number of carbonyl (C=O) groups is 1. The summed E-state index contributed by atoms with van der Waals surface area (Å²) in [5.74, 6) is -0.0514. The van der Waals surface area contributed by atoms with Gasteiger partial charge in [-0.2, -0.15) is 13.9 Å². The van der Waals surface area contributed by atoms with E-state index >= 15 is 0 Å². The van der Waals surface area contributed by atoms with E-state index < -0.39 is 6.61 Å². The van der Waals surface area contributed by atoms with Gasteiger partial charge in [0.15, 0.2) is 11.5 Å². The number of nitrogens with zero attached hydrogens (tertiary/aromatic N) is 3. The van der Waals surface area contributed by atoms with Gasteiger partial charge in [-0.05, 0) is 57.9 Å². The van der Waals surface area contributed by atoms with E-state index in [0.29, 0.717) is 5.56 Å². The Balaban J connectivity index is 1.70. The van der Waals surface area contributed by atoms with Crippen LogP contribution in [0, 0.1) is 0 Å². The van der Waals surface area contributed by atoms with Crippen LogP contribution in [-0.4, -0.2) is 41.4 Å². The largest absolute Gasteiger partial charge is 0.493 e. The Hall–Kier alpha value is -2.94. The van der Waals surface area contributed by atoms with Gasteiger partial charge < -0.3 is 14.4 Å². The molecule has 29 heavy (non-hydrogen) atoms. The van der Waals surface area contributed by atoms with Gasteiger partial charge in [0.2, 0.25) is 0 Å². The predicted octanol–water partition coefficient (Wildman–Crippen LogP) is 4.52. The quantitative estimate of drug-likeness (QED) is 0.514. The fourth-order valence-electron chi connectivity index (χ4n) is 2.77. The highest BCUT2D eigenvalue weighted by molar-refractivity contribution is 9.10. The second-order valence-electron chi connectivity index (χ2n) is 6.17. The number of carbonyl (C=O) groups excluding carboxylic acids is 1. The van der Waals surface area contributed by atoms with Crippen LogP contribution in [0.15, 0.2) is 59.3 Å². The zero-order valence-corrected chi connectivity index (χ0v) is 17.3. The first-order valence-corrected chi connectivity index (χ1v) is 9.34. The van der Waals surface area contributed by atoms with Gasteiger partial charge in [0, 0.05) is 25.4 Å². The molecule has 3 rings (SSSR count). The lowest BCUT2D eigenvalue weighted by atomic mass is 10.1. The first kappa shape index (κ1) is 20.8. The molecule has 1 amide bonds. The molecule has 0 saturated heterocycles. The minimum atomic E-state index is -2.94. The lowest BCUT2D eigenvalue weighted by Gasteiger charge is -2.19. The maximum absolute atomic E-state index is 12.7. The molecule has 152 valence electrons. The molecule has 0 N–H and O–H groups in total. The fourth-order valence-corrected chi connectivity index (χ4v) is 3.05. The molecular formula is C20H18BrF2N3O3. The number of hydrogen-bond donors (Lipinski definition) is 0. The lowest BCUT2D eigenvalue weighted by Crippen LogP contribution is -2.26. The number of amides is 1. The van der Waals surface area contributed by atoms with Gasteiger partial charge in [-0.3, -0.25) is 4.79 Å². The van der Waals surface area contributed by atoms with Crippen molar-refractivity contribution in [2.75, 3.05) is 14.2 Å². The Morgan fingerprint density at radius 1 is 1.21 bits per heavy atom. The van der Waals surface area contributed by atoms with E-state index in [-0.39, 0.29) is 24.0 Å². The van der Waals surface area contributed by atoms with Crippen LogP contribution in [0.3, 0.4) is 0 Å². The van der Waals surface area contributed by atoms with Crippen molar-refractivity contribution in [2.45, 2.75) is 13.2 Å². The molecule has 0 aliphatic heterocycles. The molecule has 0 fully saturated rings. The predicted molar refractivity (Wildman–Crippen MR) is 107 cm³/mol. The number of alkyl halides is 2. The number of ether oxygens (including phenoxy) is 2. The molecule has 0 aliphatic rings. The molecule has 1 heterocycles. The van der Waals surface area contributed by atoms with E-state index in [1.807, 2.05) is 6.20 Å². The summed E-state index contributed by atoms with van der Waals surface area (Å²) in [5.41, 5.74) is 2.07. The Morgan fingerprint density at radius 2 is 1.93 bits per heavy atom. The molecule has 0 unspecified atom stereocenters. The van der Waals surface area contributed by atoms with Crippen LogP contribution in [0.25, 0.3) is 5.69 Å². The van der Waals surface area contributed by atoms with Gasteiger partial charge in [-0.15, -0.1) is 0 Å². The number of halogens is 3. The van der Waals surface area contributed by atoms with Crippen molar-refractivity contribution >= 4 is 21.8 Å². The van der Waals surface area contributed by atoms with E-state index in [1.165, 1.54) is 18.1 Å². The fraction of sp³-hybridized carbons (Fsp3) is 0.200. The Morgan fingerprint density at radius 3 is 2.52 bits per heavy atom. The van der Waals surface area contributed by atoms with Crippen molar-refractivity contribution in [3.63, 3.8) is 0 Å². The molecule has 0 bridgehead atoms. The monoisotopic (exact) mass is 465 g/mol. The minimum Gasteiger partial charge on any atom is -0.493 e. The maximum atomic E-state index is 12.7. The third-order valence-electron chi connectivity index (χ3n) is 4.14. The molecule has 3 aromatic rings. The van der Waals surface area contributed by atoms with Gasteiger partial charge in [0.1, 0.15) is 0 Å². The Kier molecular flexibility index (Phi) is 6.48. The second kappa shape index (κ2) is 9.04. The molecule has 9 heteroatoms. The normalized spacial score (nSPS) is 10.8. The molecule has 0 atom stereocenters. The van der Waals surface area contributed by atoms with E-state index in [2.05, 4.69) is 25.8 Å². The second-order valence-corrected chi connectivity index (χ2v) is 7.09. The molecule has 6 nitrogen and oxygen atoms in total. The van der Waals surface area contributed by atoms with Crippen molar-refractivity contribution in [3.05, 3.63) is 70.5 Å². The van der Waals surface area contributed by atoms with Crippen molar-refractivity contribution in [1.29, 1.82) is 0 Å². The smallest absolute Gasteiger partial charge is 0.387 e. The summed E-state index contributed by atoms with van der Waals surface area (Å²) >= 11 is 3.35. The van der Waals surface area contributed by atoms with Crippen molar-refractivity contribution in [2.24, 2.45) is 0 Å². The van der Waals surface area contributed by atoms with Crippen molar-refractivity contribution in [1.82, 2.24) is 14.7 Å². The summed E-state index contributed by atoms with van der Waals surface area (Å²) in [5, 5.41) is 4.20. The topological polar surface area (TPSA) is 56.6 Å². The molecule has 0 radical (unpaired) electrons. The summed E-state index contributed by atoms with van der Waals surface area (Å²) < 4.78 is 36.9. The summed E-state index contributed by atoms with van der Waals surface area (Å²) in [7, 11) is 3.03. The third-order valence-corrected chi connectivity index (χ3v) is 4.55. The van der Waals surface area contributed by atoms with E-state index in [0.717, 1.165) is 15.7 Å². The number of hydrogen-bond acceptors (Lipinski definition) is 4. The number of methoxy groups -OCH3 is 1. The highest BCUT2D eigenvalue weighted by atomic mass is 79.9. The molecule has 0 spiro atoms. The number of aromatic nitrogens is 2. The average molecular weight is 466 g/mol. The number of benzene rings is 2. The minimum absolute atomic E-state index is 0.0546. The summed E-state index contributed by atoms with van der Waals surface area (Å²) in [4.78, 5) is 14.2. The van der Waals surface area contributed by atoms with E-state index in [4.69, 9.17) is 4.74 Å². The highest BCUT2D eigenvalue weighted by Crippen LogP contribution is 2.30. The highest BCUT2D eigenvalue weighted by Gasteiger charge is 2.15. The van der Waals surface area contributed by atoms with Gasteiger partial charge in [-0.25, -0.2) is 4.68 Å². The summed E-state index contributed by atoms with van der Waals surface area (Å²) in [6, 6.07) is 11.6. The summed E-state index contributed by atoms with van der Waals surface area (Å²) in [6.45, 7) is -2.66. The van der Waals surface area contributed by atoms with Crippen LogP contribution in [-0.2, 0) is 6.54 Å². The standard InChI is InChI=1S/C20H18BrF2N3O3/c1-25(11-13-3-8-17(29-20(22)23)18(9-13)28-2)19(27)14-4-6-16(7-5-14)26-12-15(21)10-24-26/h3-10,12,20H,11H2,1-2H3. The van der Waals surface area contributed by atoms with E-state index in [9.17, 15) is 13.6 Å². The maximum Gasteiger partial charge on any atom is 0.387 e. The lowest BCUT2D eigenvalue weighted by molar-refractivity contribution is -0.0512. The third kappa shape index (κ3) is 5.11. The van der Waals surface area contributed by atoms with Gasteiger partial charge >= 0.3 is 6.61 Å². The SMILES string of the molecule is COc1cc(CN(C)C(=O)c2ccc(-n3cc(Br)cn3)cc2)ccc1OC(F)F. The van der Waals surface area contributed by atoms with Crippen molar-refractivity contribution < 1.29 is 23.0 Å². The van der Waals surface area contributed by atoms with Crippen LogP contribution >= 0.6 is 15.9 Å². The Bertz CT molecular complexity index is 993. The molecule has 0 aliphatic carbocycles. The molecule has 1 aromatic heterocycles. The van der Waals surface area contributed by atoms with E-state index in [1.54, 1.807) is 54.3 Å². The molecule has 0 saturated carbocycles. The average Bonchev–Trinajstić information content (AvgIpc) is 3.14. The van der Waals surface area contributed by atoms with Crippen LogP contribution in [0.1, 0.15) is 15.9 Å². The number of rotatable bonds is 7. The first-order valence-electron chi connectivity index (χ1n) is 8.55. The summed E-state index contributed by atoms with van der Waals surface area (Å²) in [6.07, 6.45) is 3.50. The van der Waals surface area contributed by atoms with Crippen LogP contribution < -0.4 is 9.47 Å². The van der Waals surface area contributed by atoms with Gasteiger partial charge in [-0.1, -0.05) is 6.07 Å².